The molecule has 7 heteroatoms. The van der Waals surface area contributed by atoms with Crippen LogP contribution in [0.3, 0.4) is 0 Å². The van der Waals surface area contributed by atoms with E-state index in [9.17, 15) is 13.2 Å². The van der Waals surface area contributed by atoms with Crippen LogP contribution in [0.2, 0.25) is 0 Å². The number of thioether (sulfide) groups is 1. The molecule has 26 heavy (non-hydrogen) atoms. The molecule has 0 unspecified atom stereocenters. The molecule has 1 aromatic rings. The molecule has 5 nitrogen and oxygen atoms in total. The van der Waals surface area contributed by atoms with Crippen LogP contribution in [-0.2, 0) is 14.8 Å². The first-order valence-corrected chi connectivity index (χ1v) is 12.1. The van der Waals surface area contributed by atoms with Gasteiger partial charge in [-0.3, -0.25) is 9.10 Å². The second kappa shape index (κ2) is 9.65. The van der Waals surface area contributed by atoms with E-state index in [2.05, 4.69) is 5.32 Å². The van der Waals surface area contributed by atoms with Gasteiger partial charge in [-0.05, 0) is 37.8 Å². The van der Waals surface area contributed by atoms with Gasteiger partial charge >= 0.3 is 0 Å². The van der Waals surface area contributed by atoms with Crippen molar-refractivity contribution in [2.45, 2.75) is 51.2 Å². The number of carbonyl (C=O) groups excluding carboxylic acids is 1. The largest absolute Gasteiger partial charge is 0.354 e. The number of hydrogen-bond donors (Lipinski definition) is 1. The van der Waals surface area contributed by atoms with Crippen molar-refractivity contribution in [2.75, 3.05) is 29.4 Å². The quantitative estimate of drug-likeness (QED) is 0.683. The first-order chi connectivity index (χ1) is 12.3. The average molecular weight is 399 g/mol. The van der Waals surface area contributed by atoms with Crippen LogP contribution < -0.4 is 9.62 Å². The zero-order chi connectivity index (χ0) is 19.2. The van der Waals surface area contributed by atoms with E-state index in [0.29, 0.717) is 17.5 Å². The zero-order valence-corrected chi connectivity index (χ0v) is 17.6. The Balaban J connectivity index is 1.91. The Labute approximate surface area is 162 Å². The van der Waals surface area contributed by atoms with Crippen molar-refractivity contribution < 1.29 is 13.2 Å². The minimum Gasteiger partial charge on any atom is -0.354 e. The van der Waals surface area contributed by atoms with E-state index in [4.69, 9.17) is 0 Å². The summed E-state index contributed by atoms with van der Waals surface area (Å²) in [6.07, 6.45) is 7.64. The number of hydrogen-bond acceptors (Lipinski definition) is 4. The number of carbonyl (C=O) groups is 1. The van der Waals surface area contributed by atoms with Gasteiger partial charge < -0.3 is 5.32 Å². The molecule has 1 N–H and O–H groups in total. The van der Waals surface area contributed by atoms with Gasteiger partial charge in [0, 0.05) is 17.5 Å². The molecule has 0 heterocycles. The monoisotopic (exact) mass is 398 g/mol. The van der Waals surface area contributed by atoms with Gasteiger partial charge in [-0.25, -0.2) is 8.42 Å². The Morgan fingerprint density at radius 3 is 2.38 bits per heavy atom. The third-order valence-corrected chi connectivity index (χ3v) is 7.20. The Bertz CT molecular complexity index is 693. The summed E-state index contributed by atoms with van der Waals surface area (Å²) in [4.78, 5) is 12.3. The molecule has 0 aromatic heterocycles. The smallest absolute Gasteiger partial charge is 0.240 e. The Kier molecular flexibility index (Phi) is 7.83. The van der Waals surface area contributed by atoms with E-state index in [1.54, 1.807) is 0 Å². The summed E-state index contributed by atoms with van der Waals surface area (Å²) >= 11 is 1.92. The number of amides is 1. The van der Waals surface area contributed by atoms with Crippen LogP contribution in [-0.4, -0.2) is 44.7 Å². The van der Waals surface area contributed by atoms with E-state index in [1.165, 1.54) is 36.4 Å². The predicted molar refractivity (Wildman–Crippen MR) is 110 cm³/mol. The molecule has 1 aliphatic carbocycles. The van der Waals surface area contributed by atoms with Gasteiger partial charge in [0.15, 0.2) is 0 Å². The molecule has 2 rings (SSSR count). The first kappa shape index (κ1) is 21.1. The summed E-state index contributed by atoms with van der Waals surface area (Å²) in [6.45, 7) is 4.11. The topological polar surface area (TPSA) is 66.5 Å². The summed E-state index contributed by atoms with van der Waals surface area (Å²) in [5.41, 5.74) is 2.29. The summed E-state index contributed by atoms with van der Waals surface area (Å²) in [5.74, 6) is 0.612. The third kappa shape index (κ3) is 6.20. The van der Waals surface area contributed by atoms with Crippen molar-refractivity contribution in [3.05, 3.63) is 29.3 Å². The molecule has 1 aliphatic rings. The number of sulfonamides is 1. The molecule has 0 atom stereocenters. The van der Waals surface area contributed by atoms with Crippen LogP contribution >= 0.6 is 11.8 Å². The molecular weight excluding hydrogens is 368 g/mol. The van der Waals surface area contributed by atoms with Gasteiger partial charge in [0.2, 0.25) is 15.9 Å². The lowest BCUT2D eigenvalue weighted by atomic mass is 10.0. The van der Waals surface area contributed by atoms with E-state index >= 15 is 0 Å². The number of nitrogens with zero attached hydrogens (tertiary/aromatic N) is 1. The van der Waals surface area contributed by atoms with Gasteiger partial charge in [0.1, 0.15) is 6.54 Å². The number of para-hydroxylation sites is 1. The standard InChI is InChI=1S/C19H30N2O3S2/c1-15-8-7-9-16(2)19(15)21(26(3,23)24)14-18(22)20-12-13-25-17-10-5-4-6-11-17/h7-9,17H,4-6,10-14H2,1-3H3,(H,20,22). The van der Waals surface area contributed by atoms with Crippen molar-refractivity contribution in [2.24, 2.45) is 0 Å². The van der Waals surface area contributed by atoms with Crippen LogP contribution in [0.25, 0.3) is 0 Å². The molecule has 0 radical (unpaired) electrons. The lowest BCUT2D eigenvalue weighted by molar-refractivity contribution is -0.119. The Morgan fingerprint density at radius 2 is 1.81 bits per heavy atom. The number of benzene rings is 1. The van der Waals surface area contributed by atoms with Crippen molar-refractivity contribution >= 4 is 33.4 Å². The predicted octanol–water partition coefficient (Wildman–Crippen LogP) is 3.25. The molecule has 1 saturated carbocycles. The van der Waals surface area contributed by atoms with Gasteiger partial charge in [0.25, 0.3) is 0 Å². The second-order valence-corrected chi connectivity index (χ2v) is 10.3. The zero-order valence-electron chi connectivity index (χ0n) is 16.0. The number of anilines is 1. The van der Waals surface area contributed by atoms with Gasteiger partial charge in [-0.15, -0.1) is 0 Å². The van der Waals surface area contributed by atoms with Crippen molar-refractivity contribution in [3.63, 3.8) is 0 Å². The second-order valence-electron chi connectivity index (χ2n) is 6.99. The molecule has 0 saturated heterocycles. The van der Waals surface area contributed by atoms with Gasteiger partial charge in [-0.1, -0.05) is 37.5 Å². The molecule has 1 aromatic carbocycles. The Morgan fingerprint density at radius 1 is 1.19 bits per heavy atom. The summed E-state index contributed by atoms with van der Waals surface area (Å²) in [5, 5.41) is 3.58. The van der Waals surface area contributed by atoms with Crippen LogP contribution in [0, 0.1) is 13.8 Å². The number of aryl methyl sites for hydroxylation is 2. The average Bonchev–Trinajstić information content (AvgIpc) is 2.58. The van der Waals surface area contributed by atoms with Gasteiger partial charge in [0.05, 0.1) is 11.9 Å². The molecule has 0 aliphatic heterocycles. The fraction of sp³-hybridized carbons (Fsp3) is 0.632. The van der Waals surface area contributed by atoms with E-state index in [-0.39, 0.29) is 12.5 Å². The van der Waals surface area contributed by atoms with Crippen molar-refractivity contribution in [1.82, 2.24) is 5.32 Å². The highest BCUT2D eigenvalue weighted by atomic mass is 32.2. The Hall–Kier alpha value is -1.21. The maximum Gasteiger partial charge on any atom is 0.240 e. The fourth-order valence-corrected chi connectivity index (χ4v) is 5.59. The maximum atomic E-state index is 12.3. The number of nitrogens with one attached hydrogen (secondary N) is 1. The van der Waals surface area contributed by atoms with E-state index in [1.807, 2.05) is 43.8 Å². The van der Waals surface area contributed by atoms with Crippen LogP contribution in [0.1, 0.15) is 43.2 Å². The highest BCUT2D eigenvalue weighted by Crippen LogP contribution is 2.28. The van der Waals surface area contributed by atoms with Gasteiger partial charge in [-0.2, -0.15) is 11.8 Å². The third-order valence-electron chi connectivity index (χ3n) is 4.71. The maximum absolute atomic E-state index is 12.3. The van der Waals surface area contributed by atoms with E-state index in [0.717, 1.165) is 23.1 Å². The first-order valence-electron chi connectivity index (χ1n) is 9.21. The lowest BCUT2D eigenvalue weighted by Gasteiger charge is -2.25. The molecule has 146 valence electrons. The highest BCUT2D eigenvalue weighted by Gasteiger charge is 2.23. The SMILES string of the molecule is Cc1cccc(C)c1N(CC(=O)NCCSC1CCCCC1)S(C)(=O)=O. The summed E-state index contributed by atoms with van der Waals surface area (Å²) in [6, 6.07) is 5.61. The summed E-state index contributed by atoms with van der Waals surface area (Å²) in [7, 11) is -3.54. The highest BCUT2D eigenvalue weighted by molar-refractivity contribution is 7.99. The molecule has 1 fully saturated rings. The molecule has 1 amide bonds. The molecular formula is C19H30N2O3S2. The van der Waals surface area contributed by atoms with Crippen LogP contribution in [0.5, 0.6) is 0 Å². The number of rotatable bonds is 8. The lowest BCUT2D eigenvalue weighted by Crippen LogP contribution is -2.41. The molecule has 0 spiro atoms. The normalized spacial score (nSPS) is 15.7. The van der Waals surface area contributed by atoms with Crippen LogP contribution in [0.4, 0.5) is 5.69 Å². The van der Waals surface area contributed by atoms with E-state index < -0.39 is 10.0 Å². The fourth-order valence-electron chi connectivity index (χ4n) is 3.40. The minimum absolute atomic E-state index is 0.182. The van der Waals surface area contributed by atoms with Crippen LogP contribution in [0.15, 0.2) is 18.2 Å². The van der Waals surface area contributed by atoms with Crippen molar-refractivity contribution in [3.8, 4) is 0 Å². The van der Waals surface area contributed by atoms with Crippen molar-refractivity contribution in [1.29, 1.82) is 0 Å². The summed E-state index contributed by atoms with van der Waals surface area (Å²) < 4.78 is 25.7. The molecule has 0 bridgehead atoms. The minimum atomic E-state index is -3.54.